The van der Waals surface area contributed by atoms with Crippen molar-refractivity contribution in [2.75, 3.05) is 5.73 Å². The minimum absolute atomic E-state index is 0.144. The van der Waals surface area contributed by atoms with E-state index in [0.29, 0.717) is 5.56 Å². The summed E-state index contributed by atoms with van der Waals surface area (Å²) in [5.41, 5.74) is 5.64. The number of rotatable bonds is 1. The van der Waals surface area contributed by atoms with Crippen molar-refractivity contribution in [2.45, 2.75) is 0 Å². The Morgan fingerprint density at radius 1 is 1.14 bits per heavy atom. The topological polar surface area (TPSA) is 39.2 Å². The Balaban J connectivity index is 2.60. The summed E-state index contributed by atoms with van der Waals surface area (Å²) in [5.74, 6) is -1.20. The molecule has 0 saturated heterocycles. The molecule has 0 aliphatic carbocycles. The maximum Gasteiger partial charge on any atom is 0.146 e. The maximum atomic E-state index is 13.3. The molecular weight excluding hydrogens is 188 g/mol. The molecule has 1 aromatic heterocycles. The standard InChI is InChI=1S/C10H7F2NO/c11-8-4-10(13)9(12)3-7(8)6-1-2-14-5-6/h1-5H,13H2. The van der Waals surface area contributed by atoms with Crippen molar-refractivity contribution in [3.05, 3.63) is 42.4 Å². The van der Waals surface area contributed by atoms with Gasteiger partial charge >= 0.3 is 0 Å². The molecule has 0 atom stereocenters. The lowest BCUT2D eigenvalue weighted by Crippen LogP contribution is -1.93. The molecule has 1 heterocycles. The third-order valence-corrected chi connectivity index (χ3v) is 1.92. The third kappa shape index (κ3) is 1.35. The summed E-state index contributed by atoms with van der Waals surface area (Å²) in [7, 11) is 0. The van der Waals surface area contributed by atoms with E-state index in [1.807, 2.05) is 0 Å². The second kappa shape index (κ2) is 3.14. The van der Waals surface area contributed by atoms with E-state index in [1.165, 1.54) is 12.5 Å². The largest absolute Gasteiger partial charge is 0.472 e. The third-order valence-electron chi connectivity index (χ3n) is 1.92. The monoisotopic (exact) mass is 195 g/mol. The summed E-state index contributed by atoms with van der Waals surface area (Å²) < 4.78 is 31.1. The highest BCUT2D eigenvalue weighted by atomic mass is 19.1. The van der Waals surface area contributed by atoms with Crippen molar-refractivity contribution in [3.63, 3.8) is 0 Å². The van der Waals surface area contributed by atoms with E-state index in [-0.39, 0.29) is 11.3 Å². The van der Waals surface area contributed by atoms with Crippen LogP contribution < -0.4 is 5.73 Å². The van der Waals surface area contributed by atoms with Crippen molar-refractivity contribution >= 4 is 5.69 Å². The van der Waals surface area contributed by atoms with Gasteiger partial charge in [0.05, 0.1) is 18.2 Å². The molecule has 0 aliphatic rings. The first-order valence-corrected chi connectivity index (χ1v) is 3.95. The van der Waals surface area contributed by atoms with Crippen molar-refractivity contribution in [1.82, 2.24) is 0 Å². The number of hydrogen-bond donors (Lipinski definition) is 1. The predicted molar refractivity (Wildman–Crippen MR) is 48.5 cm³/mol. The van der Waals surface area contributed by atoms with Gasteiger partial charge in [-0.15, -0.1) is 0 Å². The molecule has 0 radical (unpaired) electrons. The maximum absolute atomic E-state index is 13.3. The van der Waals surface area contributed by atoms with Gasteiger partial charge in [-0.1, -0.05) is 0 Å². The molecule has 2 nitrogen and oxygen atoms in total. The molecule has 72 valence electrons. The van der Waals surface area contributed by atoms with Gasteiger partial charge in [0, 0.05) is 17.2 Å². The molecule has 1 aromatic carbocycles. The molecular formula is C10H7F2NO. The first kappa shape index (κ1) is 8.74. The van der Waals surface area contributed by atoms with Crippen LogP contribution in [-0.2, 0) is 0 Å². The SMILES string of the molecule is Nc1cc(F)c(-c2ccoc2)cc1F. The van der Waals surface area contributed by atoms with E-state index >= 15 is 0 Å². The highest BCUT2D eigenvalue weighted by Crippen LogP contribution is 2.26. The van der Waals surface area contributed by atoms with E-state index in [9.17, 15) is 8.78 Å². The zero-order chi connectivity index (χ0) is 10.1. The minimum atomic E-state index is -0.636. The Bertz CT molecular complexity index is 451. The van der Waals surface area contributed by atoms with Gasteiger partial charge in [0.25, 0.3) is 0 Å². The Morgan fingerprint density at radius 2 is 1.93 bits per heavy atom. The van der Waals surface area contributed by atoms with Gasteiger partial charge in [0.1, 0.15) is 11.6 Å². The van der Waals surface area contributed by atoms with Crippen LogP contribution in [0.2, 0.25) is 0 Å². The number of nitrogens with two attached hydrogens (primary N) is 1. The lowest BCUT2D eigenvalue weighted by atomic mass is 10.1. The number of benzene rings is 1. The molecule has 0 amide bonds. The van der Waals surface area contributed by atoms with Crippen molar-refractivity contribution in [3.8, 4) is 11.1 Å². The van der Waals surface area contributed by atoms with Crippen molar-refractivity contribution in [2.24, 2.45) is 0 Å². The minimum Gasteiger partial charge on any atom is -0.472 e. The second-order valence-electron chi connectivity index (χ2n) is 2.87. The van der Waals surface area contributed by atoms with Crippen LogP contribution in [0.15, 0.2) is 35.1 Å². The molecule has 0 aliphatic heterocycles. The highest BCUT2D eigenvalue weighted by Gasteiger charge is 2.10. The number of hydrogen-bond acceptors (Lipinski definition) is 2. The van der Waals surface area contributed by atoms with Crippen LogP contribution >= 0.6 is 0 Å². The Hall–Kier alpha value is -1.84. The summed E-state index contributed by atoms with van der Waals surface area (Å²) in [6, 6.07) is 3.56. The number of nitrogen functional groups attached to an aromatic ring is 1. The Kier molecular flexibility index (Phi) is 1.96. The van der Waals surface area contributed by atoms with Gasteiger partial charge < -0.3 is 10.2 Å². The molecule has 2 aromatic rings. The highest BCUT2D eigenvalue weighted by molar-refractivity contribution is 5.65. The van der Waals surface area contributed by atoms with Gasteiger partial charge in [-0.3, -0.25) is 0 Å². The smallest absolute Gasteiger partial charge is 0.146 e. The summed E-state index contributed by atoms with van der Waals surface area (Å²) in [5, 5.41) is 0. The van der Waals surface area contributed by atoms with Crippen LogP contribution in [0.3, 0.4) is 0 Å². The first-order chi connectivity index (χ1) is 6.68. The van der Waals surface area contributed by atoms with Gasteiger partial charge in [0.15, 0.2) is 0 Å². The zero-order valence-electron chi connectivity index (χ0n) is 7.13. The average molecular weight is 195 g/mol. The molecule has 0 fully saturated rings. The van der Waals surface area contributed by atoms with Gasteiger partial charge in [-0.2, -0.15) is 0 Å². The lowest BCUT2D eigenvalue weighted by Gasteiger charge is -2.02. The fourth-order valence-electron chi connectivity index (χ4n) is 1.20. The van der Waals surface area contributed by atoms with Gasteiger partial charge in [0.2, 0.25) is 0 Å². The number of furan rings is 1. The van der Waals surface area contributed by atoms with E-state index < -0.39 is 11.6 Å². The Morgan fingerprint density at radius 3 is 2.57 bits per heavy atom. The molecule has 0 bridgehead atoms. The molecule has 2 rings (SSSR count). The molecule has 0 saturated carbocycles. The summed E-state index contributed by atoms with van der Waals surface area (Å²) >= 11 is 0. The van der Waals surface area contributed by atoms with E-state index in [4.69, 9.17) is 10.2 Å². The van der Waals surface area contributed by atoms with Gasteiger partial charge in [-0.05, 0) is 12.1 Å². The lowest BCUT2D eigenvalue weighted by molar-refractivity contribution is 0.567. The summed E-state index contributed by atoms with van der Waals surface area (Å²) in [6.45, 7) is 0. The van der Waals surface area contributed by atoms with Crippen LogP contribution in [0.25, 0.3) is 11.1 Å². The molecule has 4 heteroatoms. The van der Waals surface area contributed by atoms with E-state index in [1.54, 1.807) is 6.07 Å². The zero-order valence-corrected chi connectivity index (χ0v) is 7.13. The van der Waals surface area contributed by atoms with Crippen LogP contribution in [0.1, 0.15) is 0 Å². The summed E-state index contributed by atoms with van der Waals surface area (Å²) in [4.78, 5) is 0. The predicted octanol–water partition coefficient (Wildman–Crippen LogP) is 2.81. The fraction of sp³-hybridized carbons (Fsp3) is 0. The quantitative estimate of drug-likeness (QED) is 0.710. The van der Waals surface area contributed by atoms with Gasteiger partial charge in [-0.25, -0.2) is 8.78 Å². The average Bonchev–Trinajstić information content (AvgIpc) is 2.64. The molecule has 14 heavy (non-hydrogen) atoms. The van der Waals surface area contributed by atoms with E-state index in [2.05, 4.69) is 0 Å². The first-order valence-electron chi connectivity index (χ1n) is 3.95. The van der Waals surface area contributed by atoms with Crippen molar-refractivity contribution < 1.29 is 13.2 Å². The summed E-state index contributed by atoms with van der Waals surface area (Å²) in [6.07, 6.45) is 2.73. The second-order valence-corrected chi connectivity index (χ2v) is 2.87. The normalized spacial score (nSPS) is 10.4. The van der Waals surface area contributed by atoms with Crippen LogP contribution in [-0.4, -0.2) is 0 Å². The number of anilines is 1. The molecule has 0 spiro atoms. The number of halogens is 2. The van der Waals surface area contributed by atoms with E-state index in [0.717, 1.165) is 12.1 Å². The fourth-order valence-corrected chi connectivity index (χ4v) is 1.20. The van der Waals surface area contributed by atoms with Crippen LogP contribution in [0, 0.1) is 11.6 Å². The van der Waals surface area contributed by atoms with Crippen molar-refractivity contribution in [1.29, 1.82) is 0 Å². The Labute approximate surface area is 79.0 Å². The molecule has 2 N–H and O–H groups in total. The molecule has 0 unspecified atom stereocenters. The van der Waals surface area contributed by atoms with Crippen LogP contribution in [0.5, 0.6) is 0 Å². The van der Waals surface area contributed by atoms with Crippen LogP contribution in [0.4, 0.5) is 14.5 Å².